The molecule has 0 fully saturated rings. The van der Waals surface area contributed by atoms with Gasteiger partial charge in [-0.05, 0) is 55.3 Å². The van der Waals surface area contributed by atoms with Crippen LogP contribution in [0.3, 0.4) is 0 Å². The smallest absolute Gasteiger partial charge is 0.274 e. The molecule has 0 unspecified atom stereocenters. The predicted molar refractivity (Wildman–Crippen MR) is 121 cm³/mol. The van der Waals surface area contributed by atoms with E-state index in [1.807, 2.05) is 58.9 Å². The SMILES string of the molecule is Cc1ccc(NC(=O)c2cc(-c3ccccc3F)nc3cc(C(C)(C)C)nn23)cc1C. The van der Waals surface area contributed by atoms with Crippen molar-refractivity contribution in [3.63, 3.8) is 0 Å². The van der Waals surface area contributed by atoms with Gasteiger partial charge in [-0.1, -0.05) is 39.0 Å². The van der Waals surface area contributed by atoms with Crippen LogP contribution in [0.15, 0.2) is 54.6 Å². The molecular formula is C25H25FN4O. The lowest BCUT2D eigenvalue weighted by Gasteiger charge is -2.14. The van der Waals surface area contributed by atoms with E-state index < -0.39 is 5.82 Å². The van der Waals surface area contributed by atoms with Gasteiger partial charge in [-0.2, -0.15) is 5.10 Å². The zero-order valence-corrected chi connectivity index (χ0v) is 18.3. The molecule has 0 saturated heterocycles. The molecule has 6 heteroatoms. The minimum atomic E-state index is -0.393. The molecule has 0 spiro atoms. The zero-order valence-electron chi connectivity index (χ0n) is 18.3. The molecule has 0 aliphatic carbocycles. The summed E-state index contributed by atoms with van der Waals surface area (Å²) in [7, 11) is 0. The number of hydrogen-bond acceptors (Lipinski definition) is 3. The summed E-state index contributed by atoms with van der Waals surface area (Å²) in [6.07, 6.45) is 0. The van der Waals surface area contributed by atoms with E-state index in [1.54, 1.807) is 24.3 Å². The van der Waals surface area contributed by atoms with Gasteiger partial charge in [-0.25, -0.2) is 13.9 Å². The average molecular weight is 417 g/mol. The highest BCUT2D eigenvalue weighted by Gasteiger charge is 2.22. The second-order valence-electron chi connectivity index (χ2n) is 8.81. The van der Waals surface area contributed by atoms with Crippen molar-refractivity contribution < 1.29 is 9.18 Å². The fourth-order valence-electron chi connectivity index (χ4n) is 3.32. The second kappa shape index (κ2) is 7.61. The van der Waals surface area contributed by atoms with Crippen molar-refractivity contribution in [1.29, 1.82) is 0 Å². The maximum atomic E-state index is 14.5. The van der Waals surface area contributed by atoms with E-state index >= 15 is 0 Å². The van der Waals surface area contributed by atoms with Crippen LogP contribution in [-0.2, 0) is 5.41 Å². The van der Waals surface area contributed by atoms with Crippen molar-refractivity contribution >= 4 is 17.2 Å². The Morgan fingerprint density at radius 2 is 1.74 bits per heavy atom. The lowest BCUT2D eigenvalue weighted by molar-refractivity contribution is 0.101. The molecule has 2 heterocycles. The largest absolute Gasteiger partial charge is 0.321 e. The summed E-state index contributed by atoms with van der Waals surface area (Å²) < 4.78 is 16.0. The molecule has 0 aliphatic rings. The third-order valence-electron chi connectivity index (χ3n) is 5.34. The van der Waals surface area contributed by atoms with Gasteiger partial charge < -0.3 is 5.32 Å². The summed E-state index contributed by atoms with van der Waals surface area (Å²) in [6, 6.07) is 15.6. The molecule has 0 saturated carbocycles. The number of amides is 1. The molecule has 158 valence electrons. The number of nitrogens with zero attached hydrogens (tertiary/aromatic N) is 3. The van der Waals surface area contributed by atoms with E-state index in [0.29, 0.717) is 22.6 Å². The lowest BCUT2D eigenvalue weighted by Crippen LogP contribution is -2.18. The highest BCUT2D eigenvalue weighted by atomic mass is 19.1. The summed E-state index contributed by atoms with van der Waals surface area (Å²) in [5.41, 5.74) is 4.99. The Morgan fingerprint density at radius 1 is 1.00 bits per heavy atom. The summed E-state index contributed by atoms with van der Waals surface area (Å²) in [5, 5.41) is 7.57. The van der Waals surface area contributed by atoms with Crippen LogP contribution in [0.1, 0.15) is 48.1 Å². The molecule has 4 rings (SSSR count). The molecular weight excluding hydrogens is 391 g/mol. The lowest BCUT2D eigenvalue weighted by atomic mass is 9.93. The highest BCUT2D eigenvalue weighted by molar-refractivity contribution is 6.04. The number of aromatic nitrogens is 3. The van der Waals surface area contributed by atoms with Gasteiger partial charge >= 0.3 is 0 Å². The van der Waals surface area contributed by atoms with Gasteiger partial charge in [0.2, 0.25) is 0 Å². The predicted octanol–water partition coefficient (Wildman–Crippen LogP) is 5.70. The average Bonchev–Trinajstić information content (AvgIpc) is 3.15. The summed E-state index contributed by atoms with van der Waals surface area (Å²) in [6.45, 7) is 10.1. The van der Waals surface area contributed by atoms with Crippen LogP contribution in [0.25, 0.3) is 16.9 Å². The Hall–Kier alpha value is -3.54. The van der Waals surface area contributed by atoms with Gasteiger partial charge in [-0.15, -0.1) is 0 Å². The first-order chi connectivity index (χ1) is 14.6. The number of fused-ring (bicyclic) bond motifs is 1. The molecule has 0 bridgehead atoms. The first-order valence-electron chi connectivity index (χ1n) is 10.2. The first kappa shape index (κ1) is 20.7. The number of carbonyl (C=O) groups is 1. The third-order valence-corrected chi connectivity index (χ3v) is 5.34. The van der Waals surface area contributed by atoms with Crippen LogP contribution < -0.4 is 5.32 Å². The molecule has 0 radical (unpaired) electrons. The van der Waals surface area contributed by atoms with Gasteiger partial charge in [0.05, 0.1) is 11.4 Å². The minimum Gasteiger partial charge on any atom is -0.321 e. The Kier molecular flexibility index (Phi) is 5.09. The Bertz CT molecular complexity index is 1300. The van der Waals surface area contributed by atoms with E-state index in [-0.39, 0.29) is 17.0 Å². The summed E-state index contributed by atoms with van der Waals surface area (Å²) in [5.74, 6) is -0.729. The van der Waals surface area contributed by atoms with Crippen molar-refractivity contribution in [3.05, 3.63) is 82.9 Å². The molecule has 0 aliphatic heterocycles. The van der Waals surface area contributed by atoms with Gasteiger partial charge in [0.15, 0.2) is 5.65 Å². The topological polar surface area (TPSA) is 59.3 Å². The van der Waals surface area contributed by atoms with E-state index in [0.717, 1.165) is 16.8 Å². The minimum absolute atomic E-state index is 0.228. The number of hydrogen-bond donors (Lipinski definition) is 1. The van der Waals surface area contributed by atoms with Crippen LogP contribution >= 0.6 is 0 Å². The zero-order chi connectivity index (χ0) is 22.3. The van der Waals surface area contributed by atoms with Crippen molar-refractivity contribution in [1.82, 2.24) is 14.6 Å². The first-order valence-corrected chi connectivity index (χ1v) is 10.2. The van der Waals surface area contributed by atoms with Crippen LogP contribution in [0.4, 0.5) is 10.1 Å². The van der Waals surface area contributed by atoms with Gasteiger partial charge in [-0.3, -0.25) is 4.79 Å². The maximum absolute atomic E-state index is 14.5. The molecule has 2 aromatic heterocycles. The van der Waals surface area contributed by atoms with Crippen molar-refractivity contribution in [2.45, 2.75) is 40.0 Å². The summed E-state index contributed by atoms with van der Waals surface area (Å²) >= 11 is 0. The van der Waals surface area contributed by atoms with Gasteiger partial charge in [0.1, 0.15) is 11.5 Å². The number of nitrogens with one attached hydrogen (secondary N) is 1. The molecule has 4 aromatic rings. The van der Waals surface area contributed by atoms with Crippen LogP contribution in [0, 0.1) is 19.7 Å². The molecule has 31 heavy (non-hydrogen) atoms. The van der Waals surface area contributed by atoms with Crippen LogP contribution in [0.5, 0.6) is 0 Å². The molecule has 5 nitrogen and oxygen atoms in total. The number of benzene rings is 2. The van der Waals surface area contributed by atoms with Crippen molar-refractivity contribution in [2.24, 2.45) is 0 Å². The van der Waals surface area contributed by atoms with E-state index in [1.165, 1.54) is 10.6 Å². The fraction of sp³-hybridized carbons (Fsp3) is 0.240. The Balaban J connectivity index is 1.86. The van der Waals surface area contributed by atoms with Gasteiger partial charge in [0, 0.05) is 22.7 Å². The molecule has 2 aromatic carbocycles. The Labute approximate surface area is 181 Å². The number of halogens is 1. The summed E-state index contributed by atoms with van der Waals surface area (Å²) in [4.78, 5) is 17.9. The third kappa shape index (κ3) is 4.06. The van der Waals surface area contributed by atoms with Gasteiger partial charge in [0.25, 0.3) is 5.91 Å². The molecule has 1 amide bonds. The van der Waals surface area contributed by atoms with Crippen LogP contribution in [0.2, 0.25) is 0 Å². The number of aryl methyl sites for hydroxylation is 2. The number of carbonyl (C=O) groups excluding carboxylic acids is 1. The second-order valence-corrected chi connectivity index (χ2v) is 8.81. The normalized spacial score (nSPS) is 11.7. The van der Waals surface area contributed by atoms with Crippen LogP contribution in [-0.4, -0.2) is 20.5 Å². The standard InChI is InChI=1S/C25H25FN4O/c1-15-10-11-17(12-16(15)2)27-24(31)21-13-20(18-8-6-7-9-19(18)26)28-23-14-22(25(3,4)5)29-30(21)23/h6-14H,1-5H3,(H,27,31). The maximum Gasteiger partial charge on any atom is 0.274 e. The highest BCUT2D eigenvalue weighted by Crippen LogP contribution is 2.27. The van der Waals surface area contributed by atoms with Crippen molar-refractivity contribution in [2.75, 3.05) is 5.32 Å². The fourth-order valence-corrected chi connectivity index (χ4v) is 3.32. The molecule has 1 N–H and O–H groups in total. The number of rotatable bonds is 3. The Morgan fingerprint density at radius 3 is 2.42 bits per heavy atom. The monoisotopic (exact) mass is 416 g/mol. The number of anilines is 1. The van der Waals surface area contributed by atoms with E-state index in [9.17, 15) is 9.18 Å². The van der Waals surface area contributed by atoms with E-state index in [4.69, 9.17) is 0 Å². The quantitative estimate of drug-likeness (QED) is 0.466. The molecule has 0 atom stereocenters. The van der Waals surface area contributed by atoms with E-state index in [2.05, 4.69) is 15.4 Å². The van der Waals surface area contributed by atoms with Crippen molar-refractivity contribution in [3.8, 4) is 11.3 Å².